The van der Waals surface area contributed by atoms with Crippen LogP contribution in [-0.4, -0.2) is 11.1 Å². The lowest BCUT2D eigenvalue weighted by molar-refractivity contribution is -0.122. The van der Waals surface area contributed by atoms with Gasteiger partial charge in [0.05, 0.1) is 5.16 Å². The molecule has 0 aromatic heterocycles. The molecule has 0 aromatic rings. The van der Waals surface area contributed by atoms with Crippen molar-refractivity contribution in [1.29, 1.82) is 0 Å². The van der Waals surface area contributed by atoms with E-state index in [2.05, 4.69) is 29.3 Å². The van der Waals surface area contributed by atoms with E-state index in [1.807, 2.05) is 0 Å². The summed E-state index contributed by atoms with van der Waals surface area (Å²) in [6, 6.07) is 0. The highest BCUT2D eigenvalue weighted by Gasteiger charge is 2.25. The average Bonchev–Trinajstić information content (AvgIpc) is 2.27. The third kappa shape index (κ3) is 4.23. The van der Waals surface area contributed by atoms with Crippen LogP contribution in [0.1, 0.15) is 51.9 Å². The van der Waals surface area contributed by atoms with Crippen molar-refractivity contribution in [2.75, 3.05) is 0 Å². The number of hydrogen-bond acceptors (Lipinski definition) is 2. The van der Waals surface area contributed by atoms with Gasteiger partial charge in [0.15, 0.2) is 0 Å². The minimum Gasteiger partial charge on any atom is -0.272 e. The predicted octanol–water partition coefficient (Wildman–Crippen LogP) is 3.61. The van der Waals surface area contributed by atoms with Gasteiger partial charge in [0.1, 0.15) is 0 Å². The van der Waals surface area contributed by atoms with Crippen LogP contribution in [0.2, 0.25) is 0 Å². The van der Waals surface area contributed by atoms with Gasteiger partial charge >= 0.3 is 0 Å². The van der Waals surface area contributed by atoms with E-state index in [1.54, 1.807) is 0 Å². The lowest BCUT2D eigenvalue weighted by Gasteiger charge is -2.26. The van der Waals surface area contributed by atoms with Gasteiger partial charge in [-0.1, -0.05) is 26.2 Å². The summed E-state index contributed by atoms with van der Waals surface area (Å²) in [6.45, 7) is 2.23. The number of amides is 1. The number of hydrogen-bond donors (Lipinski definition) is 0. The second kappa shape index (κ2) is 6.86. The highest BCUT2D eigenvalue weighted by molar-refractivity contribution is 7.78. The number of aliphatic imine (C=N–C) groups is 1. The van der Waals surface area contributed by atoms with Crippen LogP contribution < -0.4 is 0 Å². The molecule has 84 valence electrons. The molecule has 0 radical (unpaired) electrons. The number of carbonyl (C=O) groups is 1. The number of unbranched alkanes of at least 4 members (excludes halogenated alkanes) is 1. The van der Waals surface area contributed by atoms with Gasteiger partial charge in [-0.15, -0.1) is 0 Å². The van der Waals surface area contributed by atoms with Gasteiger partial charge in [0.2, 0.25) is 0 Å². The molecule has 0 aliphatic heterocycles. The van der Waals surface area contributed by atoms with Gasteiger partial charge in [-0.05, 0) is 43.8 Å². The fourth-order valence-corrected chi connectivity index (χ4v) is 2.42. The van der Waals surface area contributed by atoms with E-state index >= 15 is 0 Å². The van der Waals surface area contributed by atoms with Crippen molar-refractivity contribution in [2.24, 2.45) is 16.8 Å². The van der Waals surface area contributed by atoms with Gasteiger partial charge in [-0.3, -0.25) is 4.79 Å². The second-order valence-electron chi connectivity index (χ2n) is 4.40. The molecule has 3 heteroatoms. The van der Waals surface area contributed by atoms with Crippen molar-refractivity contribution in [3.63, 3.8) is 0 Å². The Hall–Kier alpha value is -0.530. The Bertz CT molecular complexity index is 250. The van der Waals surface area contributed by atoms with Crippen molar-refractivity contribution in [1.82, 2.24) is 0 Å². The minimum atomic E-state index is -0.0565. The van der Waals surface area contributed by atoms with E-state index < -0.39 is 0 Å². The Kier molecular flexibility index (Phi) is 5.74. The first-order chi connectivity index (χ1) is 7.27. The molecule has 0 saturated heterocycles. The van der Waals surface area contributed by atoms with E-state index in [9.17, 15) is 4.79 Å². The molecule has 0 spiro atoms. The molecule has 2 nitrogen and oxygen atoms in total. The van der Waals surface area contributed by atoms with Gasteiger partial charge < -0.3 is 0 Å². The van der Waals surface area contributed by atoms with E-state index in [4.69, 9.17) is 0 Å². The molecule has 15 heavy (non-hydrogen) atoms. The molecule has 1 amide bonds. The molecule has 0 heterocycles. The van der Waals surface area contributed by atoms with Crippen molar-refractivity contribution in [3.05, 3.63) is 0 Å². The summed E-state index contributed by atoms with van der Waals surface area (Å²) >= 11 is 4.44. The number of thiocarbonyl (C=S) groups is 1. The van der Waals surface area contributed by atoms with Gasteiger partial charge in [-0.2, -0.15) is 4.99 Å². The highest BCUT2D eigenvalue weighted by Crippen LogP contribution is 2.32. The molecule has 1 aliphatic carbocycles. The quantitative estimate of drug-likeness (QED) is 0.540. The average molecular weight is 225 g/mol. The van der Waals surface area contributed by atoms with Crippen LogP contribution in [0.3, 0.4) is 0 Å². The lowest BCUT2D eigenvalue weighted by atomic mass is 9.79. The molecule has 0 bridgehead atoms. The van der Waals surface area contributed by atoms with Gasteiger partial charge in [-0.25, -0.2) is 0 Å². The Labute approximate surface area is 97.2 Å². The van der Waals surface area contributed by atoms with E-state index in [-0.39, 0.29) is 11.8 Å². The first kappa shape index (κ1) is 12.5. The summed E-state index contributed by atoms with van der Waals surface area (Å²) in [7, 11) is 0. The van der Waals surface area contributed by atoms with Crippen LogP contribution in [0, 0.1) is 11.8 Å². The third-order valence-electron chi connectivity index (χ3n) is 3.32. The maximum atomic E-state index is 11.4. The molecule has 1 saturated carbocycles. The summed E-state index contributed by atoms with van der Waals surface area (Å²) in [5.74, 6) is 0.905. The Balaban J connectivity index is 2.29. The summed E-state index contributed by atoms with van der Waals surface area (Å²) < 4.78 is 0. The highest BCUT2D eigenvalue weighted by atomic mass is 32.1. The van der Waals surface area contributed by atoms with Crippen molar-refractivity contribution in [2.45, 2.75) is 51.9 Å². The largest absolute Gasteiger partial charge is 0.272 e. The normalized spacial score (nSPS) is 25.7. The van der Waals surface area contributed by atoms with Crippen LogP contribution in [0.25, 0.3) is 0 Å². The van der Waals surface area contributed by atoms with E-state index in [1.165, 1.54) is 32.1 Å². The summed E-state index contributed by atoms with van der Waals surface area (Å²) in [5.41, 5.74) is 0. The second-order valence-corrected chi connectivity index (χ2v) is 4.58. The number of rotatable bonds is 4. The topological polar surface area (TPSA) is 29.4 Å². The van der Waals surface area contributed by atoms with Crippen LogP contribution >= 0.6 is 12.2 Å². The van der Waals surface area contributed by atoms with Crippen molar-refractivity contribution >= 4 is 23.3 Å². The van der Waals surface area contributed by atoms with Crippen LogP contribution in [0.5, 0.6) is 0 Å². The zero-order valence-corrected chi connectivity index (χ0v) is 10.2. The zero-order chi connectivity index (χ0) is 11.1. The standard InChI is InChI=1S/C12H19NOS/c1-2-3-4-10-5-7-11(8-6-10)12(14)13-9-15/h10-11H,2-8H2,1H3. The number of isothiocyanates is 1. The molecule has 0 atom stereocenters. The lowest BCUT2D eigenvalue weighted by Crippen LogP contribution is -2.20. The molecular formula is C12H19NOS. The first-order valence-electron chi connectivity index (χ1n) is 5.89. The van der Waals surface area contributed by atoms with Crippen LogP contribution in [0.4, 0.5) is 0 Å². The maximum absolute atomic E-state index is 11.4. The zero-order valence-electron chi connectivity index (χ0n) is 9.37. The van der Waals surface area contributed by atoms with Crippen LogP contribution in [-0.2, 0) is 4.79 Å². The monoisotopic (exact) mass is 225 g/mol. The van der Waals surface area contributed by atoms with Crippen molar-refractivity contribution < 1.29 is 4.79 Å². The number of nitrogens with zero attached hydrogens (tertiary/aromatic N) is 1. The third-order valence-corrected chi connectivity index (χ3v) is 3.41. The minimum absolute atomic E-state index is 0.0565. The van der Waals surface area contributed by atoms with Crippen molar-refractivity contribution in [3.8, 4) is 0 Å². The van der Waals surface area contributed by atoms with E-state index in [0.717, 1.165) is 18.8 Å². The fraction of sp³-hybridized carbons (Fsp3) is 0.833. The van der Waals surface area contributed by atoms with Gasteiger partial charge in [0.25, 0.3) is 5.91 Å². The molecule has 1 aliphatic rings. The molecule has 1 fully saturated rings. The van der Waals surface area contributed by atoms with Crippen LogP contribution in [0.15, 0.2) is 4.99 Å². The summed E-state index contributed by atoms with van der Waals surface area (Å²) in [5, 5.41) is 2.17. The maximum Gasteiger partial charge on any atom is 0.257 e. The molecule has 0 aromatic carbocycles. The smallest absolute Gasteiger partial charge is 0.257 e. The first-order valence-corrected chi connectivity index (χ1v) is 6.30. The van der Waals surface area contributed by atoms with E-state index in [0.29, 0.717) is 0 Å². The molecule has 1 rings (SSSR count). The Morgan fingerprint density at radius 2 is 2.07 bits per heavy atom. The fourth-order valence-electron chi connectivity index (χ4n) is 2.33. The SMILES string of the molecule is CCCCC1CCC(C(=O)N=C=S)CC1. The summed E-state index contributed by atoms with van der Waals surface area (Å²) in [6.07, 6.45) is 8.28. The van der Waals surface area contributed by atoms with Gasteiger partial charge in [0, 0.05) is 5.92 Å². The Morgan fingerprint density at radius 1 is 1.40 bits per heavy atom. The molecular weight excluding hydrogens is 206 g/mol. The Morgan fingerprint density at radius 3 is 2.60 bits per heavy atom. The molecule has 0 N–H and O–H groups in total. The predicted molar refractivity (Wildman–Crippen MR) is 65.0 cm³/mol. The summed E-state index contributed by atoms with van der Waals surface area (Å²) in [4.78, 5) is 15.0. The molecule has 0 unspecified atom stereocenters. The number of carbonyl (C=O) groups excluding carboxylic acids is 1.